The molecule has 2 aromatic carbocycles. The molecule has 0 aliphatic carbocycles. The van der Waals surface area contributed by atoms with Crippen LogP contribution in [0.4, 0.5) is 5.69 Å². The molecule has 198 valence electrons. The first-order chi connectivity index (χ1) is 18.5. The number of benzene rings is 2. The number of hydrogen-bond acceptors (Lipinski definition) is 7. The van der Waals surface area contributed by atoms with E-state index < -0.39 is 12.0 Å². The van der Waals surface area contributed by atoms with Crippen LogP contribution in [0.1, 0.15) is 33.4 Å². The summed E-state index contributed by atoms with van der Waals surface area (Å²) in [4.78, 5) is 37.9. The lowest BCUT2D eigenvalue weighted by atomic mass is 9.79. The van der Waals surface area contributed by atoms with E-state index in [-0.39, 0.29) is 11.8 Å². The number of para-hydroxylation sites is 2. The minimum atomic E-state index is -0.630. The summed E-state index contributed by atoms with van der Waals surface area (Å²) in [7, 11) is 6.48. The third-order valence-electron chi connectivity index (χ3n) is 7.48. The van der Waals surface area contributed by atoms with Gasteiger partial charge in [-0.2, -0.15) is 0 Å². The van der Waals surface area contributed by atoms with E-state index in [1.54, 1.807) is 50.7 Å². The number of fused-ring (bicyclic) bond motifs is 1. The van der Waals surface area contributed by atoms with Gasteiger partial charge in [-0.1, -0.05) is 18.2 Å². The number of carbonyl (C=O) groups excluding carboxylic acids is 2. The molecule has 2 atom stereocenters. The van der Waals surface area contributed by atoms with E-state index in [9.17, 15) is 9.59 Å². The SMILES string of the molecule is COc1cc2c(cc1OC)[C@H](C(=O)N1CCN(c3ccccc3OC)CC1)[C@H](c1cccnc1)N(C)C2=O. The van der Waals surface area contributed by atoms with Gasteiger partial charge >= 0.3 is 0 Å². The number of amides is 2. The van der Waals surface area contributed by atoms with Gasteiger partial charge in [0.2, 0.25) is 5.91 Å². The van der Waals surface area contributed by atoms with Crippen LogP contribution in [-0.2, 0) is 4.79 Å². The first-order valence-electron chi connectivity index (χ1n) is 12.6. The Balaban J connectivity index is 1.51. The predicted molar refractivity (Wildman–Crippen MR) is 143 cm³/mol. The molecule has 9 nitrogen and oxygen atoms in total. The Labute approximate surface area is 222 Å². The number of ether oxygens (including phenoxy) is 3. The van der Waals surface area contributed by atoms with Crippen LogP contribution in [0.2, 0.25) is 0 Å². The van der Waals surface area contributed by atoms with Crippen LogP contribution >= 0.6 is 0 Å². The summed E-state index contributed by atoms with van der Waals surface area (Å²) in [6.45, 7) is 2.44. The van der Waals surface area contributed by atoms with Crippen molar-refractivity contribution >= 4 is 17.5 Å². The average molecular weight is 517 g/mol. The van der Waals surface area contributed by atoms with E-state index in [0.717, 1.165) is 17.0 Å². The number of likely N-dealkylation sites (N-methyl/N-ethyl adjacent to an activating group) is 1. The highest BCUT2D eigenvalue weighted by Gasteiger charge is 2.45. The van der Waals surface area contributed by atoms with Crippen LogP contribution in [0.5, 0.6) is 17.2 Å². The molecule has 0 bridgehead atoms. The van der Waals surface area contributed by atoms with Crippen LogP contribution in [0.15, 0.2) is 60.9 Å². The van der Waals surface area contributed by atoms with E-state index >= 15 is 0 Å². The maximum absolute atomic E-state index is 14.3. The minimum absolute atomic E-state index is 0.0358. The molecule has 2 amide bonds. The van der Waals surface area contributed by atoms with Crippen molar-refractivity contribution in [2.75, 3.05) is 59.5 Å². The van der Waals surface area contributed by atoms with Crippen molar-refractivity contribution in [1.82, 2.24) is 14.8 Å². The third kappa shape index (κ3) is 4.38. The molecule has 9 heteroatoms. The lowest BCUT2D eigenvalue weighted by Crippen LogP contribution is -2.53. The van der Waals surface area contributed by atoms with Gasteiger partial charge in [0.15, 0.2) is 11.5 Å². The second kappa shape index (κ2) is 10.6. The molecule has 2 aliphatic heterocycles. The molecule has 0 spiro atoms. The molecule has 3 aromatic rings. The number of hydrogen-bond donors (Lipinski definition) is 0. The molecule has 0 unspecified atom stereocenters. The van der Waals surface area contributed by atoms with Crippen molar-refractivity contribution in [1.29, 1.82) is 0 Å². The fourth-order valence-corrected chi connectivity index (χ4v) is 5.54. The Hall–Kier alpha value is -4.27. The van der Waals surface area contributed by atoms with Gasteiger partial charge in [0.05, 0.1) is 39.0 Å². The molecule has 1 aromatic heterocycles. The lowest BCUT2D eigenvalue weighted by molar-refractivity contribution is -0.134. The monoisotopic (exact) mass is 516 g/mol. The Morgan fingerprint density at radius 2 is 1.58 bits per heavy atom. The first kappa shape index (κ1) is 25.4. The highest BCUT2D eigenvalue weighted by Crippen LogP contribution is 2.46. The Morgan fingerprint density at radius 1 is 0.895 bits per heavy atom. The van der Waals surface area contributed by atoms with Gasteiger partial charge < -0.3 is 28.9 Å². The highest BCUT2D eigenvalue weighted by molar-refractivity contribution is 6.02. The predicted octanol–water partition coefficient (Wildman–Crippen LogP) is 3.37. The van der Waals surface area contributed by atoms with Gasteiger partial charge in [0, 0.05) is 51.2 Å². The zero-order valence-electron chi connectivity index (χ0n) is 22.1. The topological polar surface area (TPSA) is 84.4 Å². The van der Waals surface area contributed by atoms with E-state index in [2.05, 4.69) is 9.88 Å². The second-order valence-corrected chi connectivity index (χ2v) is 9.40. The quantitative estimate of drug-likeness (QED) is 0.497. The number of carbonyl (C=O) groups is 2. The Kier molecular flexibility index (Phi) is 7.09. The van der Waals surface area contributed by atoms with Gasteiger partial charge in [0.25, 0.3) is 5.91 Å². The molecule has 1 fully saturated rings. The number of pyridine rings is 1. The first-order valence-corrected chi connectivity index (χ1v) is 12.6. The van der Waals surface area contributed by atoms with Crippen molar-refractivity contribution < 1.29 is 23.8 Å². The molecule has 3 heterocycles. The molecular formula is C29H32N4O5. The summed E-state index contributed by atoms with van der Waals surface area (Å²) in [5.41, 5.74) is 2.89. The van der Waals surface area contributed by atoms with Gasteiger partial charge in [-0.15, -0.1) is 0 Å². The van der Waals surface area contributed by atoms with Crippen LogP contribution < -0.4 is 19.1 Å². The molecule has 2 aliphatic rings. The van der Waals surface area contributed by atoms with Crippen LogP contribution in [0.25, 0.3) is 0 Å². The molecule has 0 radical (unpaired) electrons. The molecule has 0 N–H and O–H groups in total. The number of nitrogens with zero attached hydrogens (tertiary/aromatic N) is 4. The number of methoxy groups -OCH3 is 3. The molecule has 38 heavy (non-hydrogen) atoms. The van der Waals surface area contributed by atoms with Crippen molar-refractivity contribution in [3.8, 4) is 17.2 Å². The number of aromatic nitrogens is 1. The van der Waals surface area contributed by atoms with Gasteiger partial charge in [-0.25, -0.2) is 0 Å². The standard InChI is InChI=1S/C29H32N4O5/c1-31-27(19-8-7-11-30-18-19)26(20-16-24(37-3)25(38-4)17-21(20)28(31)34)29(35)33-14-12-32(13-15-33)22-9-5-6-10-23(22)36-2/h5-11,16-18,26-27H,12-15H2,1-4H3/t26-,27-/m0/s1. The summed E-state index contributed by atoms with van der Waals surface area (Å²) < 4.78 is 16.6. The van der Waals surface area contributed by atoms with Crippen LogP contribution in [0, 0.1) is 0 Å². The fraction of sp³-hybridized carbons (Fsp3) is 0.345. The zero-order chi connectivity index (χ0) is 26.8. The summed E-state index contributed by atoms with van der Waals surface area (Å²) in [6.07, 6.45) is 3.41. The smallest absolute Gasteiger partial charge is 0.254 e. The number of piperazine rings is 1. The minimum Gasteiger partial charge on any atom is -0.495 e. The highest BCUT2D eigenvalue weighted by atomic mass is 16.5. The van der Waals surface area contributed by atoms with Crippen LogP contribution in [-0.4, -0.2) is 81.2 Å². The average Bonchev–Trinajstić information content (AvgIpc) is 2.98. The van der Waals surface area contributed by atoms with Crippen molar-refractivity contribution in [3.63, 3.8) is 0 Å². The zero-order valence-corrected chi connectivity index (χ0v) is 22.1. The maximum atomic E-state index is 14.3. The molecule has 0 saturated carbocycles. The van der Waals surface area contributed by atoms with Crippen LogP contribution in [0.3, 0.4) is 0 Å². The van der Waals surface area contributed by atoms with Gasteiger partial charge in [0.1, 0.15) is 5.75 Å². The molecule has 1 saturated heterocycles. The van der Waals surface area contributed by atoms with E-state index in [4.69, 9.17) is 14.2 Å². The maximum Gasteiger partial charge on any atom is 0.254 e. The summed E-state index contributed by atoms with van der Waals surface area (Å²) >= 11 is 0. The van der Waals surface area contributed by atoms with Gasteiger partial charge in [-0.05, 0) is 41.5 Å². The largest absolute Gasteiger partial charge is 0.495 e. The number of anilines is 1. The fourth-order valence-electron chi connectivity index (χ4n) is 5.54. The lowest BCUT2D eigenvalue weighted by Gasteiger charge is -2.43. The van der Waals surface area contributed by atoms with E-state index in [0.29, 0.717) is 48.8 Å². The second-order valence-electron chi connectivity index (χ2n) is 9.40. The van der Waals surface area contributed by atoms with E-state index in [1.807, 2.05) is 41.3 Å². The van der Waals surface area contributed by atoms with Gasteiger partial charge in [-0.3, -0.25) is 14.6 Å². The molecule has 5 rings (SSSR count). The summed E-state index contributed by atoms with van der Waals surface area (Å²) in [5, 5.41) is 0. The Bertz CT molecular complexity index is 1320. The normalized spacial score (nSPS) is 19.2. The van der Waals surface area contributed by atoms with E-state index in [1.165, 1.54) is 7.11 Å². The Morgan fingerprint density at radius 3 is 2.24 bits per heavy atom. The summed E-state index contributed by atoms with van der Waals surface area (Å²) in [5.74, 6) is 0.892. The number of rotatable bonds is 6. The van der Waals surface area contributed by atoms with Crippen molar-refractivity contribution in [3.05, 3.63) is 77.6 Å². The van der Waals surface area contributed by atoms with Crippen molar-refractivity contribution in [2.24, 2.45) is 0 Å². The van der Waals surface area contributed by atoms with Crippen molar-refractivity contribution in [2.45, 2.75) is 12.0 Å². The molecular weight excluding hydrogens is 484 g/mol. The summed E-state index contributed by atoms with van der Waals surface area (Å²) in [6, 6.07) is 14.6. The third-order valence-corrected chi connectivity index (χ3v) is 7.48.